The number of carbonyl (C=O) groups is 1. The van der Waals surface area contributed by atoms with Crippen molar-refractivity contribution in [2.75, 3.05) is 6.54 Å². The molecule has 0 saturated carbocycles. The second-order valence-electron chi connectivity index (χ2n) is 7.45. The summed E-state index contributed by atoms with van der Waals surface area (Å²) in [5, 5.41) is 11.9. The van der Waals surface area contributed by atoms with E-state index >= 15 is 0 Å². The van der Waals surface area contributed by atoms with Crippen LogP contribution in [0.2, 0.25) is 0 Å². The fourth-order valence-corrected chi connectivity index (χ4v) is 3.99. The van der Waals surface area contributed by atoms with Crippen molar-refractivity contribution < 1.29 is 9.53 Å². The summed E-state index contributed by atoms with van der Waals surface area (Å²) in [6.45, 7) is 6.36. The van der Waals surface area contributed by atoms with Gasteiger partial charge in [0, 0.05) is 17.5 Å². The van der Waals surface area contributed by atoms with E-state index in [0.717, 1.165) is 35.5 Å². The van der Waals surface area contributed by atoms with Gasteiger partial charge in [-0.3, -0.25) is 4.90 Å². The zero-order valence-corrected chi connectivity index (χ0v) is 16.2. The Balaban J connectivity index is 1.81. The van der Waals surface area contributed by atoms with Gasteiger partial charge in [-0.25, -0.2) is 9.78 Å². The minimum atomic E-state index is -0.504. The third-order valence-electron chi connectivity index (χ3n) is 4.25. The lowest BCUT2D eigenvalue weighted by atomic mass is 10.0. The number of likely N-dealkylation sites (tertiary alicyclic amines) is 1. The highest BCUT2D eigenvalue weighted by Gasteiger charge is 2.33. The molecule has 1 unspecified atom stereocenters. The summed E-state index contributed by atoms with van der Waals surface area (Å²) in [5.74, 6) is 0. The highest BCUT2D eigenvalue weighted by Crippen LogP contribution is 2.35. The van der Waals surface area contributed by atoms with Crippen LogP contribution in [0.15, 0.2) is 29.6 Å². The van der Waals surface area contributed by atoms with Crippen molar-refractivity contribution in [1.82, 2.24) is 9.88 Å². The second kappa shape index (κ2) is 7.46. The first-order valence-electron chi connectivity index (χ1n) is 8.83. The van der Waals surface area contributed by atoms with Crippen LogP contribution in [-0.4, -0.2) is 28.1 Å². The molecule has 0 spiro atoms. The monoisotopic (exact) mass is 369 g/mol. The van der Waals surface area contributed by atoms with Crippen LogP contribution >= 0.6 is 11.3 Å². The van der Waals surface area contributed by atoms with Crippen LogP contribution in [0.5, 0.6) is 0 Å². The van der Waals surface area contributed by atoms with Gasteiger partial charge < -0.3 is 4.74 Å². The van der Waals surface area contributed by atoms with E-state index in [1.807, 2.05) is 43.2 Å². The topological polar surface area (TPSA) is 66.2 Å². The summed E-state index contributed by atoms with van der Waals surface area (Å²) >= 11 is 1.57. The molecule has 1 saturated heterocycles. The normalized spacial score (nSPS) is 17.6. The van der Waals surface area contributed by atoms with Crippen LogP contribution in [0.4, 0.5) is 4.79 Å². The first-order chi connectivity index (χ1) is 12.4. The number of nitrogens with zero attached hydrogens (tertiary/aromatic N) is 3. The van der Waals surface area contributed by atoms with Crippen molar-refractivity contribution in [3.63, 3.8) is 0 Å². The van der Waals surface area contributed by atoms with Crippen LogP contribution < -0.4 is 0 Å². The average Bonchev–Trinajstić information content (AvgIpc) is 3.10. The Kier molecular flexibility index (Phi) is 5.28. The minimum Gasteiger partial charge on any atom is -0.444 e. The zero-order valence-electron chi connectivity index (χ0n) is 15.4. The fraction of sp³-hybridized carbons (Fsp3) is 0.450. The number of nitriles is 1. The molecule has 1 aliphatic rings. The number of hydrogen-bond donors (Lipinski definition) is 0. The van der Waals surface area contributed by atoms with E-state index in [-0.39, 0.29) is 12.1 Å². The van der Waals surface area contributed by atoms with Crippen molar-refractivity contribution >= 4 is 17.4 Å². The van der Waals surface area contributed by atoms with Crippen molar-refractivity contribution in [2.24, 2.45) is 0 Å². The SMILES string of the molecule is CC(C)(C)OC(=O)N1CCCCC1c1nc(-c2ccc(C#N)cc2)cs1. The molecule has 1 aliphatic heterocycles. The number of thiazole rings is 1. The summed E-state index contributed by atoms with van der Waals surface area (Å²) in [7, 11) is 0. The maximum absolute atomic E-state index is 12.6. The summed E-state index contributed by atoms with van der Waals surface area (Å²) in [4.78, 5) is 19.2. The molecule has 6 heteroatoms. The number of benzene rings is 1. The highest BCUT2D eigenvalue weighted by molar-refractivity contribution is 7.10. The first kappa shape index (κ1) is 18.4. The molecule has 1 aromatic heterocycles. The number of hydrogen-bond acceptors (Lipinski definition) is 5. The number of amides is 1. The molecule has 1 amide bonds. The number of ether oxygens (including phenoxy) is 1. The van der Waals surface area contributed by atoms with E-state index in [2.05, 4.69) is 6.07 Å². The Morgan fingerprint density at radius 3 is 2.69 bits per heavy atom. The molecule has 2 heterocycles. The molecule has 5 nitrogen and oxygen atoms in total. The van der Waals surface area contributed by atoms with Crippen molar-refractivity contribution in [3.05, 3.63) is 40.2 Å². The predicted molar refractivity (Wildman–Crippen MR) is 102 cm³/mol. The van der Waals surface area contributed by atoms with E-state index < -0.39 is 5.60 Å². The van der Waals surface area contributed by atoms with Crippen LogP contribution in [0, 0.1) is 11.3 Å². The van der Waals surface area contributed by atoms with Crippen molar-refractivity contribution in [2.45, 2.75) is 51.7 Å². The Hall–Kier alpha value is -2.39. The van der Waals surface area contributed by atoms with Gasteiger partial charge in [0.2, 0.25) is 0 Å². The Labute approximate surface area is 158 Å². The standard InChI is InChI=1S/C20H23N3O2S/c1-20(2,3)25-19(24)23-11-5-4-6-17(23)18-22-16(13-26-18)15-9-7-14(12-21)8-10-15/h7-10,13,17H,4-6,11H2,1-3H3. The first-order valence-corrected chi connectivity index (χ1v) is 9.71. The Bertz CT molecular complexity index is 815. The van der Waals surface area contributed by atoms with Crippen LogP contribution in [0.3, 0.4) is 0 Å². The molecule has 0 bridgehead atoms. The summed E-state index contributed by atoms with van der Waals surface area (Å²) in [6.07, 6.45) is 2.70. The summed E-state index contributed by atoms with van der Waals surface area (Å²) in [6, 6.07) is 9.49. The van der Waals surface area contributed by atoms with Gasteiger partial charge in [0.1, 0.15) is 10.6 Å². The van der Waals surface area contributed by atoms with Gasteiger partial charge in [0.05, 0.1) is 23.4 Å². The molecule has 2 aromatic rings. The van der Waals surface area contributed by atoms with Gasteiger partial charge in [-0.2, -0.15) is 5.26 Å². The Morgan fingerprint density at radius 1 is 1.31 bits per heavy atom. The minimum absolute atomic E-state index is 0.0317. The van der Waals surface area contributed by atoms with Crippen molar-refractivity contribution in [3.8, 4) is 17.3 Å². The lowest BCUT2D eigenvalue weighted by Gasteiger charge is -2.35. The number of aromatic nitrogens is 1. The Morgan fingerprint density at radius 2 is 2.04 bits per heavy atom. The van der Waals surface area contributed by atoms with Gasteiger partial charge in [-0.1, -0.05) is 12.1 Å². The van der Waals surface area contributed by atoms with Crippen LogP contribution in [0.1, 0.15) is 56.6 Å². The van der Waals surface area contributed by atoms with Crippen LogP contribution in [-0.2, 0) is 4.74 Å². The van der Waals surface area contributed by atoms with Gasteiger partial charge in [-0.05, 0) is 52.2 Å². The van der Waals surface area contributed by atoms with Gasteiger partial charge >= 0.3 is 6.09 Å². The van der Waals surface area contributed by atoms with Gasteiger partial charge in [-0.15, -0.1) is 11.3 Å². The lowest BCUT2D eigenvalue weighted by Crippen LogP contribution is -2.41. The zero-order chi connectivity index (χ0) is 18.7. The predicted octanol–water partition coefficient (Wildman–Crippen LogP) is 5.14. The van der Waals surface area contributed by atoms with Gasteiger partial charge in [0.25, 0.3) is 0 Å². The van der Waals surface area contributed by atoms with E-state index in [0.29, 0.717) is 12.1 Å². The molecular weight excluding hydrogens is 346 g/mol. The van der Waals surface area contributed by atoms with Gasteiger partial charge in [0.15, 0.2) is 0 Å². The smallest absolute Gasteiger partial charge is 0.410 e. The van der Waals surface area contributed by atoms with Crippen molar-refractivity contribution in [1.29, 1.82) is 5.26 Å². The molecule has 0 radical (unpaired) electrons. The quantitative estimate of drug-likeness (QED) is 0.735. The maximum Gasteiger partial charge on any atom is 0.410 e. The molecule has 1 fully saturated rings. The van der Waals surface area contributed by atoms with Crippen LogP contribution in [0.25, 0.3) is 11.3 Å². The van der Waals surface area contributed by atoms with E-state index in [1.165, 1.54) is 0 Å². The highest BCUT2D eigenvalue weighted by atomic mass is 32.1. The average molecular weight is 369 g/mol. The van der Waals surface area contributed by atoms with E-state index in [9.17, 15) is 4.79 Å². The summed E-state index contributed by atoms with van der Waals surface area (Å²) in [5.41, 5.74) is 1.98. The molecular formula is C20H23N3O2S. The largest absolute Gasteiger partial charge is 0.444 e. The number of carbonyl (C=O) groups excluding carboxylic acids is 1. The summed E-state index contributed by atoms with van der Waals surface area (Å²) < 4.78 is 5.58. The fourth-order valence-electron chi connectivity index (χ4n) is 3.02. The second-order valence-corrected chi connectivity index (χ2v) is 8.34. The molecule has 26 heavy (non-hydrogen) atoms. The number of rotatable bonds is 2. The van der Waals surface area contributed by atoms with E-state index in [1.54, 1.807) is 23.5 Å². The molecule has 0 N–H and O–H groups in total. The molecule has 1 atom stereocenters. The van der Waals surface area contributed by atoms with E-state index in [4.69, 9.17) is 15.0 Å². The molecule has 3 rings (SSSR count). The number of piperidine rings is 1. The lowest BCUT2D eigenvalue weighted by molar-refractivity contribution is 0.00949. The third kappa shape index (κ3) is 4.23. The molecule has 0 aliphatic carbocycles. The molecule has 1 aromatic carbocycles. The third-order valence-corrected chi connectivity index (χ3v) is 5.19. The molecule has 136 valence electrons. The maximum atomic E-state index is 12.6.